The third-order valence-corrected chi connectivity index (χ3v) is 4.95. The number of benzene rings is 1. The van der Waals surface area contributed by atoms with Crippen LogP contribution in [-0.2, 0) is 11.2 Å². The summed E-state index contributed by atoms with van der Waals surface area (Å²) in [6.07, 6.45) is 4.44. The number of para-hydroxylation sites is 1. The highest BCUT2D eigenvalue weighted by Crippen LogP contribution is 2.21. The Labute approximate surface area is 165 Å². The molecule has 0 aromatic heterocycles. The van der Waals surface area contributed by atoms with Crippen molar-refractivity contribution >= 4 is 24.4 Å². The average Bonchev–Trinajstić information content (AvgIpc) is 3.15. The number of carbonyl (C=O) groups excluding carboxylic acids is 1. The van der Waals surface area contributed by atoms with Crippen LogP contribution in [-0.4, -0.2) is 77.7 Å². The van der Waals surface area contributed by atoms with Crippen molar-refractivity contribution in [3.63, 3.8) is 0 Å². The third-order valence-electron chi connectivity index (χ3n) is 4.95. The predicted octanol–water partition coefficient (Wildman–Crippen LogP) is 2.07. The lowest BCUT2D eigenvalue weighted by Gasteiger charge is -2.42. The molecule has 1 fully saturated rings. The zero-order valence-corrected chi connectivity index (χ0v) is 16.2. The lowest BCUT2D eigenvalue weighted by molar-refractivity contribution is -0.135. The van der Waals surface area contributed by atoms with Gasteiger partial charge >= 0.3 is 6.09 Å². The molecule has 1 N–H and O–H groups in total. The van der Waals surface area contributed by atoms with E-state index in [9.17, 15) is 14.7 Å². The Morgan fingerprint density at radius 3 is 2.67 bits per heavy atom. The van der Waals surface area contributed by atoms with Crippen LogP contribution >= 0.6 is 12.4 Å². The predicted molar refractivity (Wildman–Crippen MR) is 104 cm³/mol. The molecule has 1 aromatic carbocycles. The minimum Gasteiger partial charge on any atom is -0.496 e. The van der Waals surface area contributed by atoms with Crippen LogP contribution in [0.25, 0.3) is 0 Å². The molecule has 8 heteroatoms. The van der Waals surface area contributed by atoms with Crippen molar-refractivity contribution in [3.05, 3.63) is 42.1 Å². The topological polar surface area (TPSA) is 73.3 Å². The fourth-order valence-corrected chi connectivity index (χ4v) is 3.59. The third kappa shape index (κ3) is 5.07. The van der Waals surface area contributed by atoms with Gasteiger partial charge in [0.15, 0.2) is 0 Å². The highest BCUT2D eigenvalue weighted by Gasteiger charge is 2.33. The van der Waals surface area contributed by atoms with E-state index in [4.69, 9.17) is 4.74 Å². The van der Waals surface area contributed by atoms with Crippen LogP contribution < -0.4 is 4.74 Å². The van der Waals surface area contributed by atoms with Crippen molar-refractivity contribution < 1.29 is 19.4 Å². The molecule has 2 aliphatic rings. The second-order valence-electron chi connectivity index (χ2n) is 6.63. The van der Waals surface area contributed by atoms with Gasteiger partial charge in [-0.15, -0.1) is 12.4 Å². The average molecular weight is 396 g/mol. The summed E-state index contributed by atoms with van der Waals surface area (Å²) in [6.45, 7) is 2.68. The molecule has 7 nitrogen and oxygen atoms in total. The van der Waals surface area contributed by atoms with Crippen LogP contribution in [0, 0.1) is 0 Å². The Bertz CT molecular complexity index is 695. The summed E-state index contributed by atoms with van der Waals surface area (Å²) in [6, 6.07) is 7.35. The number of halogens is 1. The van der Waals surface area contributed by atoms with Crippen LogP contribution in [0.5, 0.6) is 5.75 Å². The van der Waals surface area contributed by atoms with E-state index in [1.54, 1.807) is 7.11 Å². The van der Waals surface area contributed by atoms with E-state index in [-0.39, 0.29) is 30.8 Å². The van der Waals surface area contributed by atoms with Gasteiger partial charge in [-0.1, -0.05) is 24.3 Å². The minimum atomic E-state index is -0.927. The van der Waals surface area contributed by atoms with E-state index in [1.165, 1.54) is 4.90 Å². The largest absolute Gasteiger partial charge is 0.496 e. The molecule has 2 amide bonds. The van der Waals surface area contributed by atoms with Gasteiger partial charge in [-0.25, -0.2) is 4.79 Å². The standard InChI is InChI=1S/C19H25N3O4.ClH/c1-26-17-7-3-2-6-15(17)12-18(23)22-11-10-21(19(24)25)14-16(22)13-20-8-4-5-9-20;/h2-4,6-8,16H,5,9-14H2,1H3,(H,24,25);1H. The first-order valence-electron chi connectivity index (χ1n) is 8.88. The summed E-state index contributed by atoms with van der Waals surface area (Å²) in [5, 5.41) is 9.32. The van der Waals surface area contributed by atoms with Crippen LogP contribution in [0.4, 0.5) is 4.79 Å². The van der Waals surface area contributed by atoms with Crippen LogP contribution in [0.15, 0.2) is 36.5 Å². The number of nitrogens with zero attached hydrogens (tertiary/aromatic N) is 3. The van der Waals surface area contributed by atoms with E-state index >= 15 is 0 Å². The molecule has 2 heterocycles. The molecule has 1 unspecified atom stereocenters. The summed E-state index contributed by atoms with van der Waals surface area (Å²) in [5.74, 6) is 0.705. The fourth-order valence-electron chi connectivity index (χ4n) is 3.59. The quantitative estimate of drug-likeness (QED) is 0.826. The zero-order valence-electron chi connectivity index (χ0n) is 15.4. The Morgan fingerprint density at radius 2 is 2.00 bits per heavy atom. The van der Waals surface area contributed by atoms with Gasteiger partial charge in [0.2, 0.25) is 5.91 Å². The van der Waals surface area contributed by atoms with Gasteiger partial charge < -0.3 is 24.5 Å². The molecular weight excluding hydrogens is 370 g/mol. The Hall–Kier alpha value is -2.41. The van der Waals surface area contributed by atoms with Crippen LogP contribution in [0.3, 0.4) is 0 Å². The number of piperazine rings is 1. The van der Waals surface area contributed by atoms with Crippen molar-refractivity contribution in [2.45, 2.75) is 18.9 Å². The molecule has 1 atom stereocenters. The lowest BCUT2D eigenvalue weighted by Crippen LogP contribution is -2.59. The van der Waals surface area contributed by atoms with Crippen molar-refractivity contribution in [1.82, 2.24) is 14.7 Å². The van der Waals surface area contributed by atoms with Gasteiger partial charge in [0.05, 0.1) is 19.6 Å². The molecular formula is C19H26ClN3O4. The summed E-state index contributed by atoms with van der Waals surface area (Å²) in [5.41, 5.74) is 0.848. The Morgan fingerprint density at radius 1 is 1.22 bits per heavy atom. The molecule has 1 saturated heterocycles. The second-order valence-corrected chi connectivity index (χ2v) is 6.63. The first kappa shape index (κ1) is 20.9. The number of hydrogen-bond donors (Lipinski definition) is 1. The first-order chi connectivity index (χ1) is 12.6. The summed E-state index contributed by atoms with van der Waals surface area (Å²) in [7, 11) is 1.59. The molecule has 2 aliphatic heterocycles. The number of carbonyl (C=O) groups is 2. The minimum absolute atomic E-state index is 0. The van der Waals surface area contributed by atoms with Gasteiger partial charge in [0, 0.05) is 38.3 Å². The van der Waals surface area contributed by atoms with Gasteiger partial charge in [0.25, 0.3) is 0 Å². The van der Waals surface area contributed by atoms with E-state index in [0.29, 0.717) is 31.9 Å². The van der Waals surface area contributed by atoms with Gasteiger partial charge in [-0.2, -0.15) is 0 Å². The molecule has 0 radical (unpaired) electrons. The van der Waals surface area contributed by atoms with E-state index < -0.39 is 6.09 Å². The fraction of sp³-hybridized carbons (Fsp3) is 0.474. The number of amides is 2. The highest BCUT2D eigenvalue weighted by molar-refractivity contribution is 5.85. The van der Waals surface area contributed by atoms with Crippen molar-refractivity contribution in [1.29, 1.82) is 0 Å². The van der Waals surface area contributed by atoms with Crippen molar-refractivity contribution in [3.8, 4) is 5.75 Å². The Balaban J connectivity index is 0.00000261. The van der Waals surface area contributed by atoms with Gasteiger partial charge in [0.1, 0.15) is 5.75 Å². The summed E-state index contributed by atoms with van der Waals surface area (Å²) in [4.78, 5) is 29.7. The molecule has 27 heavy (non-hydrogen) atoms. The maximum atomic E-state index is 13.0. The van der Waals surface area contributed by atoms with Gasteiger partial charge in [-0.05, 0) is 18.7 Å². The highest BCUT2D eigenvalue weighted by atomic mass is 35.5. The lowest BCUT2D eigenvalue weighted by atomic mass is 10.1. The van der Waals surface area contributed by atoms with E-state index in [2.05, 4.69) is 11.0 Å². The van der Waals surface area contributed by atoms with Crippen molar-refractivity contribution in [2.24, 2.45) is 0 Å². The van der Waals surface area contributed by atoms with E-state index in [0.717, 1.165) is 18.5 Å². The van der Waals surface area contributed by atoms with Crippen LogP contribution in [0.1, 0.15) is 12.0 Å². The molecule has 0 bridgehead atoms. The second kappa shape index (κ2) is 9.50. The Kier molecular flexibility index (Phi) is 7.36. The smallest absolute Gasteiger partial charge is 0.407 e. The number of carboxylic acid groups (broad SMARTS) is 1. The molecule has 1 aromatic rings. The molecule has 0 saturated carbocycles. The molecule has 148 valence electrons. The first-order valence-corrected chi connectivity index (χ1v) is 8.88. The van der Waals surface area contributed by atoms with Crippen LogP contribution in [0.2, 0.25) is 0 Å². The SMILES string of the molecule is COc1ccccc1CC(=O)N1CCN(C(=O)O)CC1CN1C=CCC1.Cl. The molecule has 0 aliphatic carbocycles. The van der Waals surface area contributed by atoms with E-state index in [1.807, 2.05) is 35.4 Å². The number of rotatable bonds is 5. The number of ether oxygens (including phenoxy) is 1. The molecule has 3 rings (SSSR count). The monoisotopic (exact) mass is 395 g/mol. The maximum absolute atomic E-state index is 13.0. The summed E-state index contributed by atoms with van der Waals surface area (Å²) >= 11 is 0. The zero-order chi connectivity index (χ0) is 18.5. The maximum Gasteiger partial charge on any atom is 0.407 e. The molecule has 0 spiro atoms. The summed E-state index contributed by atoms with van der Waals surface area (Å²) < 4.78 is 5.34. The number of methoxy groups -OCH3 is 1. The van der Waals surface area contributed by atoms with Crippen molar-refractivity contribution in [2.75, 3.05) is 39.8 Å². The normalized spacial score (nSPS) is 19.0. The number of hydrogen-bond acceptors (Lipinski definition) is 4. The van der Waals surface area contributed by atoms with Gasteiger partial charge in [-0.3, -0.25) is 4.79 Å².